The van der Waals surface area contributed by atoms with E-state index in [0.717, 1.165) is 49.8 Å². The SMILES string of the molecule is COc1ccc(-c2nn(-c3ccccc3)cc2C(=O)Nc2cccc(CN3CCOCC3)c2)c(OC)c1. The number of methoxy groups -OCH3 is 2. The van der Waals surface area contributed by atoms with Gasteiger partial charge in [-0.15, -0.1) is 0 Å². The fraction of sp³-hybridized carbons (Fsp3) is 0.241. The Morgan fingerprint density at radius 1 is 0.973 bits per heavy atom. The number of carbonyl (C=O) groups excluding carboxylic acids is 1. The number of benzene rings is 3. The van der Waals surface area contributed by atoms with Crippen LogP contribution in [0.1, 0.15) is 15.9 Å². The summed E-state index contributed by atoms with van der Waals surface area (Å²) in [5.74, 6) is 0.976. The lowest BCUT2D eigenvalue weighted by Crippen LogP contribution is -2.35. The Morgan fingerprint density at radius 3 is 2.54 bits per heavy atom. The van der Waals surface area contributed by atoms with E-state index in [4.69, 9.17) is 19.3 Å². The zero-order valence-electron chi connectivity index (χ0n) is 21.0. The van der Waals surface area contributed by atoms with Crippen LogP contribution in [0.4, 0.5) is 5.69 Å². The van der Waals surface area contributed by atoms with E-state index in [1.807, 2.05) is 60.7 Å². The zero-order valence-corrected chi connectivity index (χ0v) is 21.0. The first-order chi connectivity index (χ1) is 18.1. The number of rotatable bonds is 8. The maximum Gasteiger partial charge on any atom is 0.259 e. The number of hydrogen-bond acceptors (Lipinski definition) is 6. The number of hydrogen-bond donors (Lipinski definition) is 1. The van der Waals surface area contributed by atoms with Gasteiger partial charge in [-0.05, 0) is 42.0 Å². The normalized spacial score (nSPS) is 13.8. The molecule has 4 aromatic rings. The molecule has 0 unspecified atom stereocenters. The van der Waals surface area contributed by atoms with Crippen LogP contribution in [0, 0.1) is 0 Å². The average Bonchev–Trinajstić information content (AvgIpc) is 3.39. The van der Waals surface area contributed by atoms with Gasteiger partial charge in [0.2, 0.25) is 0 Å². The standard InChI is InChI=1S/C29H30N4O4/c1-35-24-11-12-25(27(18-24)36-2)28-26(20-33(31-28)23-9-4-3-5-10-23)29(34)30-22-8-6-7-21(17-22)19-32-13-15-37-16-14-32/h3-12,17-18,20H,13-16,19H2,1-2H3,(H,30,34). The minimum atomic E-state index is -0.251. The summed E-state index contributed by atoms with van der Waals surface area (Å²) >= 11 is 0. The van der Waals surface area contributed by atoms with E-state index in [0.29, 0.717) is 28.3 Å². The number of para-hydroxylation sites is 1. The molecule has 1 aliphatic heterocycles. The molecular formula is C29H30N4O4. The third kappa shape index (κ3) is 5.66. The van der Waals surface area contributed by atoms with Gasteiger partial charge in [0.15, 0.2) is 0 Å². The Labute approximate surface area is 216 Å². The largest absolute Gasteiger partial charge is 0.497 e. The Balaban J connectivity index is 1.47. The van der Waals surface area contributed by atoms with Crippen LogP contribution in [-0.4, -0.2) is 61.1 Å². The third-order valence-corrected chi connectivity index (χ3v) is 6.34. The number of anilines is 1. The zero-order chi connectivity index (χ0) is 25.6. The Hall–Kier alpha value is -4.14. The molecule has 0 aliphatic carbocycles. The van der Waals surface area contributed by atoms with E-state index >= 15 is 0 Å². The smallest absolute Gasteiger partial charge is 0.259 e. The highest BCUT2D eigenvalue weighted by Gasteiger charge is 2.22. The van der Waals surface area contributed by atoms with Crippen LogP contribution in [0.5, 0.6) is 11.5 Å². The second-order valence-corrected chi connectivity index (χ2v) is 8.78. The maximum atomic E-state index is 13.6. The van der Waals surface area contributed by atoms with Crippen LogP contribution in [0.3, 0.4) is 0 Å². The van der Waals surface area contributed by atoms with Gasteiger partial charge in [-0.2, -0.15) is 5.10 Å². The highest BCUT2D eigenvalue weighted by molar-refractivity contribution is 6.08. The molecule has 5 rings (SSSR count). The molecule has 0 radical (unpaired) electrons. The van der Waals surface area contributed by atoms with E-state index < -0.39 is 0 Å². The first-order valence-corrected chi connectivity index (χ1v) is 12.2. The van der Waals surface area contributed by atoms with E-state index in [1.54, 1.807) is 31.2 Å². The molecular weight excluding hydrogens is 468 g/mol. The summed E-state index contributed by atoms with van der Waals surface area (Å²) in [6.45, 7) is 4.12. The molecule has 2 heterocycles. The van der Waals surface area contributed by atoms with Crippen molar-refractivity contribution < 1.29 is 19.0 Å². The van der Waals surface area contributed by atoms with Gasteiger partial charge in [-0.3, -0.25) is 9.69 Å². The van der Waals surface area contributed by atoms with Crippen molar-refractivity contribution in [3.05, 3.63) is 90.1 Å². The Kier molecular flexibility index (Phi) is 7.49. The molecule has 1 aromatic heterocycles. The van der Waals surface area contributed by atoms with E-state index in [-0.39, 0.29) is 5.91 Å². The molecule has 0 spiro atoms. The topological polar surface area (TPSA) is 77.9 Å². The monoisotopic (exact) mass is 498 g/mol. The number of nitrogens with zero attached hydrogens (tertiary/aromatic N) is 3. The maximum absolute atomic E-state index is 13.6. The first kappa shape index (κ1) is 24.5. The van der Waals surface area contributed by atoms with Crippen molar-refractivity contribution in [2.75, 3.05) is 45.8 Å². The quantitative estimate of drug-likeness (QED) is 0.381. The van der Waals surface area contributed by atoms with Crippen LogP contribution >= 0.6 is 0 Å². The molecule has 1 amide bonds. The van der Waals surface area contributed by atoms with Gasteiger partial charge in [-0.1, -0.05) is 30.3 Å². The molecule has 8 nitrogen and oxygen atoms in total. The number of nitrogens with one attached hydrogen (secondary N) is 1. The third-order valence-electron chi connectivity index (χ3n) is 6.34. The van der Waals surface area contributed by atoms with E-state index in [2.05, 4.69) is 16.3 Å². The molecule has 1 saturated heterocycles. The molecule has 1 N–H and O–H groups in total. The van der Waals surface area contributed by atoms with Crippen molar-refractivity contribution >= 4 is 11.6 Å². The van der Waals surface area contributed by atoms with Gasteiger partial charge in [-0.25, -0.2) is 4.68 Å². The highest BCUT2D eigenvalue weighted by Crippen LogP contribution is 2.35. The summed E-state index contributed by atoms with van der Waals surface area (Å²) in [4.78, 5) is 16.0. The van der Waals surface area contributed by atoms with Crippen molar-refractivity contribution in [2.24, 2.45) is 0 Å². The lowest BCUT2D eigenvalue weighted by atomic mass is 10.1. The second kappa shape index (κ2) is 11.3. The van der Waals surface area contributed by atoms with Crippen LogP contribution < -0.4 is 14.8 Å². The molecule has 0 bridgehead atoms. The summed E-state index contributed by atoms with van der Waals surface area (Å²) in [7, 11) is 3.19. The number of ether oxygens (including phenoxy) is 3. The fourth-order valence-electron chi connectivity index (χ4n) is 4.41. The fourth-order valence-corrected chi connectivity index (χ4v) is 4.41. The molecule has 0 saturated carbocycles. The van der Waals surface area contributed by atoms with E-state index in [9.17, 15) is 4.79 Å². The average molecular weight is 499 g/mol. The van der Waals surface area contributed by atoms with Crippen LogP contribution in [0.25, 0.3) is 16.9 Å². The number of amides is 1. The van der Waals surface area contributed by atoms with Crippen molar-refractivity contribution in [1.29, 1.82) is 0 Å². The molecule has 37 heavy (non-hydrogen) atoms. The van der Waals surface area contributed by atoms with Gasteiger partial charge < -0.3 is 19.5 Å². The van der Waals surface area contributed by atoms with Gasteiger partial charge in [0.05, 0.1) is 38.7 Å². The van der Waals surface area contributed by atoms with Crippen LogP contribution in [-0.2, 0) is 11.3 Å². The summed E-state index contributed by atoms with van der Waals surface area (Å²) in [5, 5.41) is 7.86. The van der Waals surface area contributed by atoms with Crippen molar-refractivity contribution in [2.45, 2.75) is 6.54 Å². The summed E-state index contributed by atoms with van der Waals surface area (Å²) in [6, 6.07) is 23.1. The van der Waals surface area contributed by atoms with Crippen LogP contribution in [0.15, 0.2) is 79.0 Å². The minimum absolute atomic E-state index is 0.251. The van der Waals surface area contributed by atoms with Gasteiger partial charge in [0.1, 0.15) is 17.2 Å². The van der Waals surface area contributed by atoms with Crippen LogP contribution in [0.2, 0.25) is 0 Å². The Bertz CT molecular complexity index is 1360. The molecule has 190 valence electrons. The highest BCUT2D eigenvalue weighted by atomic mass is 16.5. The van der Waals surface area contributed by atoms with Gasteiger partial charge >= 0.3 is 0 Å². The second-order valence-electron chi connectivity index (χ2n) is 8.78. The van der Waals surface area contributed by atoms with Crippen molar-refractivity contribution in [1.82, 2.24) is 14.7 Å². The summed E-state index contributed by atoms with van der Waals surface area (Å²) in [6.07, 6.45) is 1.75. The van der Waals surface area contributed by atoms with Crippen molar-refractivity contribution in [3.8, 4) is 28.4 Å². The number of aromatic nitrogens is 2. The number of morpholine rings is 1. The molecule has 3 aromatic carbocycles. The molecule has 1 aliphatic rings. The van der Waals surface area contributed by atoms with Gasteiger partial charge in [0.25, 0.3) is 5.91 Å². The minimum Gasteiger partial charge on any atom is -0.497 e. The molecule has 8 heteroatoms. The summed E-state index contributed by atoms with van der Waals surface area (Å²) < 4.78 is 18.1. The predicted octanol–water partition coefficient (Wildman–Crippen LogP) is 4.64. The first-order valence-electron chi connectivity index (χ1n) is 12.2. The molecule has 1 fully saturated rings. The summed E-state index contributed by atoms with van der Waals surface area (Å²) in [5.41, 5.74) is 4.37. The lowest BCUT2D eigenvalue weighted by Gasteiger charge is -2.26. The lowest BCUT2D eigenvalue weighted by molar-refractivity contribution is 0.0342. The van der Waals surface area contributed by atoms with Crippen molar-refractivity contribution in [3.63, 3.8) is 0 Å². The Morgan fingerprint density at radius 2 is 1.78 bits per heavy atom. The predicted molar refractivity (Wildman–Crippen MR) is 143 cm³/mol. The van der Waals surface area contributed by atoms with Gasteiger partial charge in [0, 0.05) is 43.1 Å². The molecule has 0 atom stereocenters. The number of carbonyl (C=O) groups is 1. The van der Waals surface area contributed by atoms with E-state index in [1.165, 1.54) is 0 Å².